The maximum absolute atomic E-state index is 4.95. The van der Waals surface area contributed by atoms with Crippen LogP contribution in [-0.2, 0) is 12.8 Å². The number of hydrogen-bond donors (Lipinski definition) is 0. The fourth-order valence-electron chi connectivity index (χ4n) is 4.49. The quantitative estimate of drug-likeness (QED) is 0.477. The van der Waals surface area contributed by atoms with E-state index in [9.17, 15) is 0 Å². The maximum atomic E-state index is 4.95. The van der Waals surface area contributed by atoms with Crippen molar-refractivity contribution in [1.29, 1.82) is 0 Å². The number of hydrogen-bond acceptors (Lipinski definition) is 5. The van der Waals surface area contributed by atoms with Crippen LogP contribution in [0.1, 0.15) is 68.4 Å². The molecule has 4 aromatic heterocycles. The molecular formula is C22H28N6S. The average molecular weight is 409 g/mol. The first-order chi connectivity index (χ1) is 13.9. The summed E-state index contributed by atoms with van der Waals surface area (Å²) >= 11 is 1.85. The van der Waals surface area contributed by atoms with Crippen molar-refractivity contribution >= 4 is 27.2 Å². The minimum atomic E-state index is -0.0113. The van der Waals surface area contributed by atoms with E-state index in [-0.39, 0.29) is 6.04 Å². The normalized spacial score (nSPS) is 18.4. The Kier molecular flexibility index (Phi) is 4.28. The maximum Gasteiger partial charge on any atom is 0.176 e. The lowest BCUT2D eigenvalue weighted by atomic mass is 9.70. The molecule has 0 aliphatic heterocycles. The molecule has 0 radical (unpaired) electrons. The van der Waals surface area contributed by atoms with Gasteiger partial charge in [-0.2, -0.15) is 5.10 Å². The largest absolute Gasteiger partial charge is 0.262 e. The van der Waals surface area contributed by atoms with Gasteiger partial charge in [-0.3, -0.25) is 4.68 Å². The van der Waals surface area contributed by atoms with E-state index >= 15 is 0 Å². The molecule has 0 fully saturated rings. The first-order valence-electron chi connectivity index (χ1n) is 10.5. The third-order valence-corrected chi connectivity index (χ3v) is 8.08. The molecule has 0 bridgehead atoms. The Hall–Kier alpha value is -2.28. The molecule has 29 heavy (non-hydrogen) atoms. The average Bonchev–Trinajstić information content (AvgIpc) is 3.41. The van der Waals surface area contributed by atoms with Gasteiger partial charge in [0.05, 0.1) is 11.6 Å². The van der Waals surface area contributed by atoms with Gasteiger partial charge in [-0.05, 0) is 55.6 Å². The number of aromatic nitrogens is 6. The summed E-state index contributed by atoms with van der Waals surface area (Å²) in [5.41, 5.74) is 3.91. The van der Waals surface area contributed by atoms with Gasteiger partial charge in [-0.15, -0.1) is 16.4 Å². The van der Waals surface area contributed by atoms with Gasteiger partial charge in [-0.25, -0.2) is 14.5 Å². The fraction of sp³-hybridized carbons (Fsp3) is 0.545. The van der Waals surface area contributed by atoms with Crippen LogP contribution in [0, 0.1) is 18.3 Å². The molecule has 6 nitrogen and oxygen atoms in total. The van der Waals surface area contributed by atoms with Crippen LogP contribution in [-0.4, -0.2) is 29.4 Å². The van der Waals surface area contributed by atoms with Gasteiger partial charge in [0.1, 0.15) is 17.2 Å². The first-order valence-corrected chi connectivity index (χ1v) is 11.4. The van der Waals surface area contributed by atoms with Crippen molar-refractivity contribution in [2.45, 2.75) is 66.3 Å². The molecule has 2 unspecified atom stereocenters. The molecule has 0 spiro atoms. The van der Waals surface area contributed by atoms with E-state index < -0.39 is 0 Å². The topological polar surface area (TPSA) is 60.9 Å². The highest BCUT2D eigenvalue weighted by molar-refractivity contribution is 7.19. The molecule has 0 N–H and O–H groups in total. The van der Waals surface area contributed by atoms with Crippen LogP contribution in [0.25, 0.3) is 15.9 Å². The second-order valence-corrected chi connectivity index (χ2v) is 10.2. The lowest BCUT2D eigenvalue weighted by Crippen LogP contribution is -2.28. The van der Waals surface area contributed by atoms with Crippen LogP contribution in [0.2, 0.25) is 0 Å². The summed E-state index contributed by atoms with van der Waals surface area (Å²) in [6.45, 7) is 11.3. The monoisotopic (exact) mass is 408 g/mol. The Balaban J connectivity index is 1.58. The molecule has 0 saturated heterocycles. The predicted molar refractivity (Wildman–Crippen MR) is 117 cm³/mol. The zero-order valence-electron chi connectivity index (χ0n) is 17.8. The number of aryl methyl sites for hydroxylation is 2. The molecule has 4 heterocycles. The van der Waals surface area contributed by atoms with Crippen molar-refractivity contribution in [3.05, 3.63) is 40.5 Å². The SMILES string of the molecule is CCC(C)(C)C1CCc2c(sc3ncn4nc(C(C)n5cc(C)cn5)nc4c23)C1. The lowest BCUT2D eigenvalue weighted by Gasteiger charge is -2.36. The van der Waals surface area contributed by atoms with Gasteiger partial charge in [0.15, 0.2) is 11.5 Å². The van der Waals surface area contributed by atoms with Crippen LogP contribution in [0.4, 0.5) is 0 Å². The van der Waals surface area contributed by atoms with Crippen LogP contribution in [0.3, 0.4) is 0 Å². The van der Waals surface area contributed by atoms with E-state index in [4.69, 9.17) is 15.1 Å². The van der Waals surface area contributed by atoms with Crippen LogP contribution in [0.15, 0.2) is 18.7 Å². The van der Waals surface area contributed by atoms with Crippen molar-refractivity contribution in [1.82, 2.24) is 29.4 Å². The third kappa shape index (κ3) is 2.98. The second kappa shape index (κ2) is 6.62. The van der Waals surface area contributed by atoms with Crippen LogP contribution >= 0.6 is 11.3 Å². The van der Waals surface area contributed by atoms with Gasteiger partial charge >= 0.3 is 0 Å². The Bertz CT molecular complexity index is 1200. The molecule has 1 aliphatic carbocycles. The number of thiophene rings is 1. The van der Waals surface area contributed by atoms with E-state index in [1.54, 1.807) is 0 Å². The van der Waals surface area contributed by atoms with Gasteiger partial charge in [-0.1, -0.05) is 27.2 Å². The minimum absolute atomic E-state index is 0.0113. The standard InChI is InChI=1S/C22H28N6S/c1-6-22(4,5)15-7-8-16-17(9-15)29-21-18(16)20-25-19(26-28(20)12-23-21)14(3)27-11-13(2)10-24-27/h10-12,14-15H,6-9H2,1-5H3. The summed E-state index contributed by atoms with van der Waals surface area (Å²) in [5, 5.41) is 10.4. The Morgan fingerprint density at radius 1 is 1.34 bits per heavy atom. The van der Waals surface area contributed by atoms with Gasteiger partial charge < -0.3 is 0 Å². The van der Waals surface area contributed by atoms with Crippen LogP contribution < -0.4 is 0 Å². The third-order valence-electron chi connectivity index (χ3n) is 6.92. The molecule has 0 saturated carbocycles. The molecule has 5 rings (SSSR count). The van der Waals surface area contributed by atoms with Crippen molar-refractivity contribution in [3.63, 3.8) is 0 Å². The Morgan fingerprint density at radius 3 is 2.90 bits per heavy atom. The number of nitrogens with zero attached hydrogens (tertiary/aromatic N) is 6. The highest BCUT2D eigenvalue weighted by atomic mass is 32.1. The molecule has 7 heteroatoms. The van der Waals surface area contributed by atoms with Gasteiger partial charge in [0, 0.05) is 11.1 Å². The fourth-order valence-corrected chi connectivity index (χ4v) is 5.75. The second-order valence-electron chi connectivity index (χ2n) is 9.12. The predicted octanol–water partition coefficient (Wildman–Crippen LogP) is 4.99. The summed E-state index contributed by atoms with van der Waals surface area (Å²) in [6.07, 6.45) is 10.4. The highest BCUT2D eigenvalue weighted by Crippen LogP contribution is 2.44. The lowest BCUT2D eigenvalue weighted by molar-refractivity contribution is 0.184. The first kappa shape index (κ1) is 18.7. The minimum Gasteiger partial charge on any atom is -0.262 e. The van der Waals surface area contributed by atoms with Gasteiger partial charge in [0.25, 0.3) is 0 Å². The van der Waals surface area contributed by atoms with E-state index in [1.807, 2.05) is 46.2 Å². The summed E-state index contributed by atoms with van der Waals surface area (Å²) in [5.74, 6) is 1.52. The number of fused-ring (bicyclic) bond motifs is 5. The van der Waals surface area contributed by atoms with Crippen molar-refractivity contribution in [2.75, 3.05) is 0 Å². The van der Waals surface area contributed by atoms with Crippen molar-refractivity contribution < 1.29 is 0 Å². The highest BCUT2D eigenvalue weighted by Gasteiger charge is 2.33. The van der Waals surface area contributed by atoms with Crippen molar-refractivity contribution in [2.24, 2.45) is 11.3 Å². The zero-order valence-corrected chi connectivity index (χ0v) is 18.6. The van der Waals surface area contributed by atoms with Crippen molar-refractivity contribution in [3.8, 4) is 0 Å². The van der Waals surface area contributed by atoms with E-state index in [0.717, 1.165) is 40.6 Å². The Labute approximate surface area is 175 Å². The van der Waals surface area contributed by atoms with Gasteiger partial charge in [0.2, 0.25) is 0 Å². The molecule has 0 aromatic carbocycles. The summed E-state index contributed by atoms with van der Waals surface area (Å²) in [7, 11) is 0. The Morgan fingerprint density at radius 2 is 2.17 bits per heavy atom. The molecule has 4 aromatic rings. The summed E-state index contributed by atoms with van der Waals surface area (Å²) in [6, 6.07) is -0.0113. The number of rotatable bonds is 4. The molecule has 152 valence electrons. The molecule has 0 amide bonds. The zero-order chi connectivity index (χ0) is 20.3. The molecule has 2 atom stereocenters. The molecular weight excluding hydrogens is 380 g/mol. The van der Waals surface area contributed by atoms with E-state index in [0.29, 0.717) is 5.41 Å². The van der Waals surface area contributed by atoms with E-state index in [2.05, 4.69) is 32.8 Å². The smallest absolute Gasteiger partial charge is 0.176 e. The summed E-state index contributed by atoms with van der Waals surface area (Å²) in [4.78, 5) is 12.3. The molecule has 1 aliphatic rings. The van der Waals surface area contributed by atoms with Crippen LogP contribution in [0.5, 0.6) is 0 Å². The van der Waals surface area contributed by atoms with E-state index in [1.165, 1.54) is 28.7 Å². The summed E-state index contributed by atoms with van der Waals surface area (Å²) < 4.78 is 3.77.